The summed E-state index contributed by atoms with van der Waals surface area (Å²) >= 11 is 0. The summed E-state index contributed by atoms with van der Waals surface area (Å²) in [6, 6.07) is 11.3. The monoisotopic (exact) mass is 469 g/mol. The molecule has 2 aromatic carbocycles. The average Bonchev–Trinajstić information content (AvgIpc) is 2.84. The highest BCUT2D eigenvalue weighted by Crippen LogP contribution is 2.33. The number of guanidine groups is 1. The van der Waals surface area contributed by atoms with Crippen molar-refractivity contribution in [3.8, 4) is 0 Å². The number of non-ortho nitro benzene ring substituents is 1. The molecule has 1 N–H and O–H groups in total. The van der Waals surface area contributed by atoms with Gasteiger partial charge in [-0.15, -0.1) is 0 Å². The zero-order valence-electron chi connectivity index (χ0n) is 18.5. The van der Waals surface area contributed by atoms with Crippen LogP contribution in [0.4, 0.5) is 15.8 Å². The number of aliphatic imine (C=N–C) groups is 1. The number of piperazine rings is 1. The third-order valence-corrected chi connectivity index (χ3v) is 5.83. The number of benzene rings is 2. The van der Waals surface area contributed by atoms with E-state index in [2.05, 4.69) is 10.3 Å². The fourth-order valence-electron chi connectivity index (χ4n) is 4.16. The van der Waals surface area contributed by atoms with E-state index in [1.54, 1.807) is 31.2 Å². The second-order valence-electron chi connectivity index (χ2n) is 7.89. The maximum Gasteiger partial charge on any atom is 0.321 e. The number of amides is 1. The van der Waals surface area contributed by atoms with E-state index in [0.29, 0.717) is 37.4 Å². The van der Waals surface area contributed by atoms with E-state index in [4.69, 9.17) is 4.74 Å². The molecule has 11 heteroatoms. The van der Waals surface area contributed by atoms with Gasteiger partial charge in [0, 0.05) is 38.3 Å². The fourth-order valence-corrected chi connectivity index (χ4v) is 4.16. The number of nitrogens with zero attached hydrogens (tertiary/aromatic N) is 4. The molecule has 0 radical (unpaired) electrons. The molecule has 1 fully saturated rings. The molecule has 0 aromatic heterocycles. The Morgan fingerprint density at radius 2 is 1.88 bits per heavy atom. The molecule has 0 unspecified atom stereocenters. The highest BCUT2D eigenvalue weighted by atomic mass is 19.1. The van der Waals surface area contributed by atoms with Crippen LogP contribution < -0.4 is 10.2 Å². The molecule has 2 aliphatic rings. The van der Waals surface area contributed by atoms with Gasteiger partial charge in [0.1, 0.15) is 11.9 Å². The lowest BCUT2D eigenvalue weighted by Crippen LogP contribution is -2.57. The first kappa shape index (κ1) is 23.1. The second kappa shape index (κ2) is 9.86. The number of ether oxygens (including phenoxy) is 1. The lowest BCUT2D eigenvalue weighted by atomic mass is 9.91. The summed E-state index contributed by atoms with van der Waals surface area (Å²) < 4.78 is 19.2. The summed E-state index contributed by atoms with van der Waals surface area (Å²) in [6.07, 6.45) is 0. The van der Waals surface area contributed by atoms with Crippen molar-refractivity contribution in [2.75, 3.05) is 37.7 Å². The molecular weight excluding hydrogens is 445 g/mol. The van der Waals surface area contributed by atoms with Crippen molar-refractivity contribution in [2.24, 2.45) is 10.9 Å². The van der Waals surface area contributed by atoms with Gasteiger partial charge in [0.25, 0.3) is 5.69 Å². The third-order valence-electron chi connectivity index (χ3n) is 5.83. The number of carbonyl (C=O) groups excluding carboxylic acids is 2. The minimum absolute atomic E-state index is 0.0822. The van der Waals surface area contributed by atoms with Gasteiger partial charge in [-0.05, 0) is 24.6 Å². The number of para-hydroxylation sites is 1. The van der Waals surface area contributed by atoms with Gasteiger partial charge in [0.2, 0.25) is 11.9 Å². The Morgan fingerprint density at radius 3 is 2.56 bits per heavy atom. The summed E-state index contributed by atoms with van der Waals surface area (Å²) in [4.78, 5) is 44.7. The van der Waals surface area contributed by atoms with Crippen molar-refractivity contribution in [3.63, 3.8) is 0 Å². The molecule has 0 saturated carbocycles. The van der Waals surface area contributed by atoms with Crippen molar-refractivity contribution in [3.05, 3.63) is 70.0 Å². The topological polar surface area (TPSA) is 117 Å². The van der Waals surface area contributed by atoms with E-state index >= 15 is 0 Å². The molecule has 2 aliphatic heterocycles. The van der Waals surface area contributed by atoms with E-state index in [-0.39, 0.29) is 24.1 Å². The van der Waals surface area contributed by atoms with Gasteiger partial charge < -0.3 is 14.5 Å². The van der Waals surface area contributed by atoms with Crippen LogP contribution in [0.5, 0.6) is 0 Å². The lowest BCUT2D eigenvalue weighted by Gasteiger charge is -2.39. The molecule has 2 heterocycles. The first-order valence-corrected chi connectivity index (χ1v) is 10.9. The number of hydrogen-bond donors (Lipinski definition) is 1. The lowest BCUT2D eigenvalue weighted by molar-refractivity contribution is -0.384. The Labute approximate surface area is 195 Å². The first-order valence-electron chi connectivity index (χ1n) is 10.9. The van der Waals surface area contributed by atoms with Crippen molar-refractivity contribution in [1.29, 1.82) is 0 Å². The number of nitrogens with one attached hydrogen (secondary N) is 1. The quantitative estimate of drug-likeness (QED) is 0.309. The summed E-state index contributed by atoms with van der Waals surface area (Å²) in [6.45, 7) is 3.62. The number of rotatable bonds is 5. The van der Waals surface area contributed by atoms with Crippen LogP contribution in [0.1, 0.15) is 18.5 Å². The maximum absolute atomic E-state index is 14.2. The minimum Gasteiger partial charge on any atom is -0.465 e. The van der Waals surface area contributed by atoms with Crippen LogP contribution in [0.15, 0.2) is 53.5 Å². The van der Waals surface area contributed by atoms with Gasteiger partial charge in [-0.25, -0.2) is 9.38 Å². The molecule has 0 bridgehead atoms. The Bertz CT molecular complexity index is 1130. The molecule has 4 rings (SSSR count). The number of nitro groups is 1. The Balaban J connectivity index is 1.60. The average molecular weight is 469 g/mol. The molecule has 0 aliphatic carbocycles. The van der Waals surface area contributed by atoms with Gasteiger partial charge in [-0.2, -0.15) is 0 Å². The van der Waals surface area contributed by atoms with E-state index in [0.717, 1.165) is 0 Å². The van der Waals surface area contributed by atoms with E-state index in [1.165, 1.54) is 24.3 Å². The smallest absolute Gasteiger partial charge is 0.321 e. The fraction of sp³-hybridized carbons (Fsp3) is 0.348. The Hall–Kier alpha value is -4.02. The number of carbonyl (C=O) groups is 2. The van der Waals surface area contributed by atoms with Gasteiger partial charge in [-0.3, -0.25) is 25.0 Å². The highest BCUT2D eigenvalue weighted by molar-refractivity contribution is 6.08. The molecular formula is C23H24FN5O5. The van der Waals surface area contributed by atoms with Crippen LogP contribution >= 0.6 is 0 Å². The van der Waals surface area contributed by atoms with Gasteiger partial charge in [0.05, 0.1) is 17.2 Å². The van der Waals surface area contributed by atoms with Crippen LogP contribution in [0.3, 0.4) is 0 Å². The second-order valence-corrected chi connectivity index (χ2v) is 7.89. The predicted octanol–water partition coefficient (Wildman–Crippen LogP) is 2.26. The van der Waals surface area contributed by atoms with Crippen molar-refractivity contribution >= 4 is 29.2 Å². The summed E-state index contributed by atoms with van der Waals surface area (Å²) in [5.74, 6) is -2.64. The number of hydrogen-bond acceptors (Lipinski definition) is 8. The predicted molar refractivity (Wildman–Crippen MR) is 122 cm³/mol. The summed E-state index contributed by atoms with van der Waals surface area (Å²) in [7, 11) is 0. The molecule has 2 aromatic rings. The van der Waals surface area contributed by atoms with Crippen molar-refractivity contribution in [1.82, 2.24) is 10.2 Å². The van der Waals surface area contributed by atoms with Gasteiger partial charge >= 0.3 is 5.97 Å². The van der Waals surface area contributed by atoms with E-state index < -0.39 is 28.8 Å². The zero-order chi connectivity index (χ0) is 24.2. The summed E-state index contributed by atoms with van der Waals surface area (Å²) in [5, 5.41) is 13.9. The number of halogens is 1. The number of anilines is 1. The van der Waals surface area contributed by atoms with Crippen LogP contribution in [0, 0.1) is 21.8 Å². The SMILES string of the molecule is CCOC(=O)[C@H]1C(=O)NC(N2CCN(c3ccccc3F)CC2)=N[C@H]1c1cccc([N+](=O)[O-])c1. The van der Waals surface area contributed by atoms with Crippen LogP contribution in [-0.4, -0.2) is 60.4 Å². The zero-order valence-corrected chi connectivity index (χ0v) is 18.5. The molecule has 0 spiro atoms. The maximum atomic E-state index is 14.2. The van der Waals surface area contributed by atoms with Gasteiger partial charge in [0.15, 0.2) is 5.92 Å². The molecule has 34 heavy (non-hydrogen) atoms. The van der Waals surface area contributed by atoms with Crippen molar-refractivity contribution in [2.45, 2.75) is 13.0 Å². The van der Waals surface area contributed by atoms with Crippen LogP contribution in [0.2, 0.25) is 0 Å². The van der Waals surface area contributed by atoms with E-state index in [9.17, 15) is 24.1 Å². The summed E-state index contributed by atoms with van der Waals surface area (Å²) in [5.41, 5.74) is 0.708. The Morgan fingerprint density at radius 1 is 1.18 bits per heavy atom. The molecule has 178 valence electrons. The van der Waals surface area contributed by atoms with Crippen LogP contribution in [-0.2, 0) is 14.3 Å². The number of esters is 1. The standard InChI is InChI=1S/C23H24FN5O5/c1-2-34-22(31)19-20(15-6-5-7-16(14-15)29(32)33)25-23(26-21(19)30)28-12-10-27(11-13-28)18-9-4-3-8-17(18)24/h3-9,14,19-20H,2,10-13H2,1H3,(H,25,26,30)/t19-,20+/m1/s1. The molecule has 2 atom stereocenters. The first-order chi connectivity index (χ1) is 16.4. The van der Waals surface area contributed by atoms with Crippen molar-refractivity contribution < 1.29 is 23.6 Å². The molecule has 1 saturated heterocycles. The van der Waals surface area contributed by atoms with Crippen LogP contribution in [0.25, 0.3) is 0 Å². The largest absolute Gasteiger partial charge is 0.465 e. The molecule has 10 nitrogen and oxygen atoms in total. The Kier molecular flexibility index (Phi) is 6.71. The highest BCUT2D eigenvalue weighted by Gasteiger charge is 2.42. The number of nitro benzene ring substituents is 1. The third kappa shape index (κ3) is 4.68. The normalized spacial score (nSPS) is 20.4. The van der Waals surface area contributed by atoms with E-state index in [1.807, 2.05) is 9.80 Å². The minimum atomic E-state index is -1.27. The molecule has 1 amide bonds. The van der Waals surface area contributed by atoms with Gasteiger partial charge in [-0.1, -0.05) is 24.3 Å².